The van der Waals surface area contributed by atoms with Crippen LogP contribution >= 0.6 is 0 Å². The van der Waals surface area contributed by atoms with Crippen molar-refractivity contribution < 1.29 is 14.6 Å². The van der Waals surface area contributed by atoms with Crippen LogP contribution in [0.2, 0.25) is 0 Å². The fourth-order valence-corrected chi connectivity index (χ4v) is 0.706. The minimum Gasteiger partial charge on any atom is -0.530 e. The lowest BCUT2D eigenvalue weighted by Crippen LogP contribution is -2.46. The molecule has 1 unspecified atom stereocenters. The van der Waals surface area contributed by atoms with E-state index in [9.17, 15) is 9.90 Å². The van der Waals surface area contributed by atoms with Crippen molar-refractivity contribution in [2.24, 2.45) is 5.11 Å². The molecule has 0 radical (unpaired) electrons. The standard InChI is InChI=1S/C6H12N4O3/c1-2-13-4-5(3-8-10-7)9-6(11)12/h5,7,9H,2-4H2,1H3. The number of carboxylic acid groups (broad SMARTS) is 1. The highest BCUT2D eigenvalue weighted by Crippen LogP contribution is 1.86. The van der Waals surface area contributed by atoms with Gasteiger partial charge in [-0.25, -0.2) is 0 Å². The lowest BCUT2D eigenvalue weighted by molar-refractivity contribution is -0.251. The van der Waals surface area contributed by atoms with Gasteiger partial charge < -0.3 is 20.0 Å². The fourth-order valence-electron chi connectivity index (χ4n) is 0.706. The third kappa shape index (κ3) is 6.92. The van der Waals surface area contributed by atoms with Crippen molar-refractivity contribution in [3.8, 4) is 0 Å². The van der Waals surface area contributed by atoms with Crippen molar-refractivity contribution in [3.05, 3.63) is 0 Å². The lowest BCUT2D eigenvalue weighted by Gasteiger charge is -2.15. The number of carbonyl (C=O) groups is 1. The van der Waals surface area contributed by atoms with Crippen molar-refractivity contribution in [1.82, 2.24) is 10.2 Å². The maximum atomic E-state index is 10.1. The maximum Gasteiger partial charge on any atom is 0.214 e. The summed E-state index contributed by atoms with van der Waals surface area (Å²) in [4.78, 5) is 12.9. The Hall–Kier alpha value is -1.46. The molecule has 0 aromatic heterocycles. The Morgan fingerprint density at radius 1 is 1.85 bits per heavy atom. The topological polar surface area (TPSA) is 112 Å². The second kappa shape index (κ2) is 7.20. The van der Waals surface area contributed by atoms with Gasteiger partial charge in [0.05, 0.1) is 12.6 Å². The van der Waals surface area contributed by atoms with Gasteiger partial charge in [-0.3, -0.25) is 0 Å². The lowest BCUT2D eigenvalue weighted by atomic mass is 10.3. The van der Waals surface area contributed by atoms with Crippen LogP contribution in [0, 0.1) is 5.53 Å². The normalized spacial score (nSPS) is 11.5. The molecule has 0 spiro atoms. The van der Waals surface area contributed by atoms with Crippen LogP contribution in [0.4, 0.5) is 4.79 Å². The molecule has 2 N–H and O–H groups in total. The Bertz CT molecular complexity index is 198. The average molecular weight is 188 g/mol. The summed E-state index contributed by atoms with van der Waals surface area (Å²) in [6.07, 6.45) is -1.38. The minimum atomic E-state index is -1.38. The molecule has 0 fully saturated rings. The molecule has 7 nitrogen and oxygen atoms in total. The Morgan fingerprint density at radius 2 is 2.54 bits per heavy atom. The van der Waals surface area contributed by atoms with Gasteiger partial charge in [0, 0.05) is 6.61 Å². The number of ether oxygens (including phenoxy) is 1. The number of hydrogen-bond acceptors (Lipinski definition) is 5. The SMILES string of the molecule is CCOCC(CN=[N+]=N)NC(=O)[O-]. The summed E-state index contributed by atoms with van der Waals surface area (Å²) in [6.45, 7) is 2.56. The number of nitrogens with zero attached hydrogens (tertiary/aromatic N) is 2. The predicted octanol–water partition coefficient (Wildman–Crippen LogP) is -1.13. The molecule has 1 atom stereocenters. The summed E-state index contributed by atoms with van der Waals surface area (Å²) in [5, 5.41) is 15.6. The van der Waals surface area contributed by atoms with Gasteiger partial charge in [0.1, 0.15) is 23.3 Å². The fraction of sp³-hybridized carbons (Fsp3) is 0.833. The molecule has 0 rings (SSSR count). The average Bonchev–Trinajstić information content (AvgIpc) is 2.09. The van der Waals surface area contributed by atoms with Gasteiger partial charge in [-0.15, -0.1) is 0 Å². The monoisotopic (exact) mass is 188 g/mol. The van der Waals surface area contributed by atoms with Crippen LogP contribution in [-0.2, 0) is 4.74 Å². The molecule has 0 saturated heterocycles. The highest BCUT2D eigenvalue weighted by molar-refractivity contribution is 5.62. The molecule has 0 heterocycles. The number of carbonyl (C=O) groups excluding carboxylic acids is 1. The van der Waals surface area contributed by atoms with Gasteiger partial charge >= 0.3 is 0 Å². The van der Waals surface area contributed by atoms with E-state index in [0.717, 1.165) is 0 Å². The molecular formula is C6H12N4O3. The van der Waals surface area contributed by atoms with Gasteiger partial charge in [-0.1, -0.05) is 0 Å². The van der Waals surface area contributed by atoms with Crippen molar-refractivity contribution in [3.63, 3.8) is 0 Å². The minimum absolute atomic E-state index is 0.0808. The zero-order valence-corrected chi connectivity index (χ0v) is 7.32. The Morgan fingerprint density at radius 3 is 3.00 bits per heavy atom. The maximum absolute atomic E-state index is 10.1. The van der Waals surface area contributed by atoms with E-state index >= 15 is 0 Å². The largest absolute Gasteiger partial charge is 0.530 e. The summed E-state index contributed by atoms with van der Waals surface area (Å²) in [6, 6.07) is -0.501. The van der Waals surface area contributed by atoms with E-state index in [1.54, 1.807) is 6.92 Å². The zero-order valence-electron chi connectivity index (χ0n) is 7.32. The van der Waals surface area contributed by atoms with E-state index in [2.05, 4.69) is 15.3 Å². The molecule has 0 aliphatic carbocycles. The zero-order chi connectivity index (χ0) is 10.1. The number of nitrogens with one attached hydrogen (secondary N) is 2. The van der Waals surface area contributed by atoms with Crippen LogP contribution in [0.5, 0.6) is 0 Å². The number of hydrogen-bond donors (Lipinski definition) is 2. The van der Waals surface area contributed by atoms with Crippen LogP contribution in [0.3, 0.4) is 0 Å². The highest BCUT2D eigenvalue weighted by atomic mass is 16.5. The second-order valence-electron chi connectivity index (χ2n) is 2.21. The molecule has 0 aromatic carbocycles. The van der Waals surface area contributed by atoms with Gasteiger partial charge in [0.15, 0.2) is 0 Å². The smallest absolute Gasteiger partial charge is 0.214 e. The summed E-state index contributed by atoms with van der Waals surface area (Å²) in [5.41, 5.74) is 6.38. The number of amides is 1. The van der Waals surface area contributed by atoms with Crippen LogP contribution in [0.25, 0.3) is 0 Å². The van der Waals surface area contributed by atoms with Crippen LogP contribution in [-0.4, -0.2) is 31.9 Å². The van der Waals surface area contributed by atoms with E-state index in [1.165, 1.54) is 0 Å². The Kier molecular flexibility index (Phi) is 6.39. The number of rotatable bonds is 6. The highest BCUT2D eigenvalue weighted by Gasteiger charge is 2.09. The van der Waals surface area contributed by atoms with Crippen molar-refractivity contribution in [1.29, 1.82) is 5.53 Å². The van der Waals surface area contributed by atoms with Crippen molar-refractivity contribution in [2.75, 3.05) is 19.8 Å². The quantitative estimate of drug-likeness (QED) is 0.406. The van der Waals surface area contributed by atoms with Crippen LogP contribution in [0.15, 0.2) is 5.11 Å². The Balaban J connectivity index is 3.86. The molecular weight excluding hydrogens is 176 g/mol. The second-order valence-corrected chi connectivity index (χ2v) is 2.21. The van der Waals surface area contributed by atoms with E-state index in [0.29, 0.717) is 6.61 Å². The van der Waals surface area contributed by atoms with Crippen molar-refractivity contribution in [2.45, 2.75) is 13.0 Å². The summed E-state index contributed by atoms with van der Waals surface area (Å²) < 4.78 is 4.98. The molecule has 0 bridgehead atoms. The third-order valence-corrected chi connectivity index (χ3v) is 1.22. The summed E-state index contributed by atoms with van der Waals surface area (Å²) in [5.74, 6) is 0. The predicted molar refractivity (Wildman–Crippen MR) is 41.0 cm³/mol. The Labute approximate surface area is 75.3 Å². The summed E-state index contributed by atoms with van der Waals surface area (Å²) in [7, 11) is 0. The summed E-state index contributed by atoms with van der Waals surface area (Å²) >= 11 is 0. The molecule has 74 valence electrons. The van der Waals surface area contributed by atoms with Gasteiger partial charge in [0.25, 0.3) is 0 Å². The van der Waals surface area contributed by atoms with E-state index < -0.39 is 12.1 Å². The first-order valence-electron chi connectivity index (χ1n) is 3.79. The van der Waals surface area contributed by atoms with E-state index in [1.807, 2.05) is 0 Å². The first-order chi connectivity index (χ1) is 6.20. The molecule has 0 saturated carbocycles. The van der Waals surface area contributed by atoms with E-state index in [-0.39, 0.29) is 13.2 Å². The molecule has 0 aliphatic rings. The molecule has 0 aliphatic heterocycles. The van der Waals surface area contributed by atoms with Gasteiger partial charge in [0.2, 0.25) is 4.91 Å². The molecule has 0 aromatic rings. The first-order valence-corrected chi connectivity index (χ1v) is 3.79. The van der Waals surface area contributed by atoms with Crippen LogP contribution < -0.4 is 15.3 Å². The van der Waals surface area contributed by atoms with Crippen LogP contribution in [0.1, 0.15) is 6.92 Å². The first kappa shape index (κ1) is 11.5. The molecule has 13 heavy (non-hydrogen) atoms. The van der Waals surface area contributed by atoms with Gasteiger partial charge in [-0.2, -0.15) is 0 Å². The van der Waals surface area contributed by atoms with Crippen molar-refractivity contribution >= 4 is 6.09 Å². The third-order valence-electron chi connectivity index (χ3n) is 1.22. The van der Waals surface area contributed by atoms with E-state index in [4.69, 9.17) is 10.3 Å². The molecule has 7 heteroatoms. The van der Waals surface area contributed by atoms with Gasteiger partial charge in [-0.05, 0) is 6.92 Å². The molecule has 1 amide bonds.